The van der Waals surface area contributed by atoms with Crippen LogP contribution in [0.5, 0.6) is 0 Å². The third-order valence-corrected chi connectivity index (χ3v) is 4.74. The highest BCUT2D eigenvalue weighted by Crippen LogP contribution is 2.37. The van der Waals surface area contributed by atoms with Crippen molar-refractivity contribution in [3.8, 4) is 0 Å². The van der Waals surface area contributed by atoms with E-state index >= 15 is 0 Å². The number of nitrogens with zero attached hydrogens (tertiary/aromatic N) is 2. The first-order chi connectivity index (χ1) is 8.96. The summed E-state index contributed by atoms with van der Waals surface area (Å²) in [6.07, 6.45) is 5.66. The van der Waals surface area contributed by atoms with Crippen LogP contribution >= 0.6 is 0 Å². The van der Waals surface area contributed by atoms with Gasteiger partial charge in [-0.25, -0.2) is 0 Å². The zero-order valence-electron chi connectivity index (χ0n) is 12.4. The summed E-state index contributed by atoms with van der Waals surface area (Å²) in [5.41, 5.74) is 0.503. The minimum Gasteiger partial charge on any atom is -0.481 e. The smallest absolute Gasteiger partial charge is 0.304 e. The van der Waals surface area contributed by atoms with Gasteiger partial charge in [0.15, 0.2) is 0 Å². The van der Waals surface area contributed by atoms with E-state index in [1.807, 2.05) is 0 Å². The number of hydrogen-bond acceptors (Lipinski definition) is 3. The summed E-state index contributed by atoms with van der Waals surface area (Å²) in [6.45, 7) is 9.78. The van der Waals surface area contributed by atoms with E-state index in [-0.39, 0.29) is 6.42 Å². The molecule has 2 fully saturated rings. The number of rotatable bonds is 4. The van der Waals surface area contributed by atoms with Gasteiger partial charge in [-0.15, -0.1) is 0 Å². The molecule has 1 atom stereocenters. The highest BCUT2D eigenvalue weighted by atomic mass is 16.4. The molecule has 1 unspecified atom stereocenters. The lowest BCUT2D eigenvalue weighted by atomic mass is 9.74. The Balaban J connectivity index is 1.75. The number of carboxylic acid groups (broad SMARTS) is 1. The molecular weight excluding hydrogens is 240 g/mol. The second-order valence-electron chi connectivity index (χ2n) is 6.94. The van der Waals surface area contributed by atoms with E-state index in [2.05, 4.69) is 23.6 Å². The Morgan fingerprint density at radius 1 is 1.26 bits per heavy atom. The predicted octanol–water partition coefficient (Wildman–Crippen LogP) is 2.05. The second kappa shape index (κ2) is 6.23. The lowest BCUT2D eigenvalue weighted by molar-refractivity contribution is -0.137. The highest BCUT2D eigenvalue weighted by Gasteiger charge is 2.32. The number of piperazine rings is 1. The average Bonchev–Trinajstić information content (AvgIpc) is 2.36. The van der Waals surface area contributed by atoms with Crippen molar-refractivity contribution in [2.45, 2.75) is 52.0 Å². The molecule has 1 saturated heterocycles. The Bertz CT molecular complexity index is 309. The summed E-state index contributed by atoms with van der Waals surface area (Å²) in [7, 11) is 0. The molecule has 1 aliphatic carbocycles. The normalized spacial score (nSPS) is 29.3. The molecule has 0 bridgehead atoms. The molecule has 2 rings (SSSR count). The summed E-state index contributed by atoms with van der Waals surface area (Å²) in [5, 5.41) is 8.72. The molecule has 1 heterocycles. The molecule has 0 radical (unpaired) electrons. The lowest BCUT2D eigenvalue weighted by Crippen LogP contribution is -2.52. The Labute approximate surface area is 116 Å². The number of hydrogen-bond donors (Lipinski definition) is 1. The molecular formula is C15H28N2O2. The van der Waals surface area contributed by atoms with Crippen molar-refractivity contribution in [2.24, 2.45) is 5.41 Å². The number of aliphatic carboxylic acids is 1. The molecule has 4 heteroatoms. The van der Waals surface area contributed by atoms with Crippen LogP contribution in [0, 0.1) is 5.41 Å². The largest absolute Gasteiger partial charge is 0.481 e. The third-order valence-electron chi connectivity index (χ3n) is 4.74. The van der Waals surface area contributed by atoms with E-state index in [9.17, 15) is 4.79 Å². The van der Waals surface area contributed by atoms with E-state index in [1.54, 1.807) is 0 Å². The van der Waals surface area contributed by atoms with Gasteiger partial charge in [0.05, 0.1) is 6.42 Å². The third kappa shape index (κ3) is 4.46. The van der Waals surface area contributed by atoms with E-state index in [0.717, 1.165) is 32.2 Å². The SMILES string of the molecule is CC1(C)CCCC(N2CCN(CCC(=O)O)CC2)C1. The van der Waals surface area contributed by atoms with Crippen LogP contribution in [0.2, 0.25) is 0 Å². The van der Waals surface area contributed by atoms with Gasteiger partial charge in [0, 0.05) is 38.8 Å². The molecule has 1 saturated carbocycles. The Kier molecular flexibility index (Phi) is 4.85. The molecule has 0 aromatic carbocycles. The number of carboxylic acids is 1. The average molecular weight is 268 g/mol. The topological polar surface area (TPSA) is 43.8 Å². The van der Waals surface area contributed by atoms with E-state index in [0.29, 0.717) is 12.0 Å². The van der Waals surface area contributed by atoms with Gasteiger partial charge in [-0.1, -0.05) is 20.3 Å². The number of carbonyl (C=O) groups is 1. The van der Waals surface area contributed by atoms with Crippen molar-refractivity contribution in [3.63, 3.8) is 0 Å². The van der Waals surface area contributed by atoms with Gasteiger partial charge < -0.3 is 10.0 Å². The van der Waals surface area contributed by atoms with Crippen molar-refractivity contribution >= 4 is 5.97 Å². The quantitative estimate of drug-likeness (QED) is 0.847. The zero-order valence-corrected chi connectivity index (χ0v) is 12.4. The molecule has 110 valence electrons. The van der Waals surface area contributed by atoms with Gasteiger partial charge in [0.25, 0.3) is 0 Å². The first kappa shape index (κ1) is 14.8. The van der Waals surface area contributed by atoms with Crippen molar-refractivity contribution in [2.75, 3.05) is 32.7 Å². The van der Waals surface area contributed by atoms with Crippen LogP contribution in [0.1, 0.15) is 46.0 Å². The van der Waals surface area contributed by atoms with Crippen LogP contribution in [0.25, 0.3) is 0 Å². The second-order valence-corrected chi connectivity index (χ2v) is 6.94. The van der Waals surface area contributed by atoms with Gasteiger partial charge in [-0.05, 0) is 24.7 Å². The van der Waals surface area contributed by atoms with Gasteiger partial charge in [-0.3, -0.25) is 9.69 Å². The summed E-state index contributed by atoms with van der Waals surface area (Å²) >= 11 is 0. The van der Waals surface area contributed by atoms with Gasteiger partial charge in [0.2, 0.25) is 0 Å². The maximum atomic E-state index is 10.6. The van der Waals surface area contributed by atoms with Crippen LogP contribution in [0.4, 0.5) is 0 Å². The monoisotopic (exact) mass is 268 g/mol. The molecule has 1 N–H and O–H groups in total. The van der Waals surface area contributed by atoms with Crippen molar-refractivity contribution in [3.05, 3.63) is 0 Å². The van der Waals surface area contributed by atoms with E-state index in [1.165, 1.54) is 25.7 Å². The van der Waals surface area contributed by atoms with Crippen molar-refractivity contribution < 1.29 is 9.90 Å². The maximum Gasteiger partial charge on any atom is 0.304 e. The first-order valence-corrected chi connectivity index (χ1v) is 7.64. The lowest BCUT2D eigenvalue weighted by Gasteiger charge is -2.44. The molecule has 0 aromatic rings. The van der Waals surface area contributed by atoms with Gasteiger partial charge in [-0.2, -0.15) is 0 Å². The van der Waals surface area contributed by atoms with Crippen LogP contribution in [0.3, 0.4) is 0 Å². The fourth-order valence-corrected chi connectivity index (χ4v) is 3.58. The van der Waals surface area contributed by atoms with Crippen LogP contribution < -0.4 is 0 Å². The summed E-state index contributed by atoms with van der Waals surface area (Å²) < 4.78 is 0. The minimum absolute atomic E-state index is 0.274. The van der Waals surface area contributed by atoms with Crippen LogP contribution in [-0.2, 0) is 4.79 Å². The summed E-state index contributed by atoms with van der Waals surface area (Å²) in [5.74, 6) is -0.684. The van der Waals surface area contributed by atoms with Crippen LogP contribution in [0.15, 0.2) is 0 Å². The molecule has 0 aromatic heterocycles. The highest BCUT2D eigenvalue weighted by molar-refractivity contribution is 5.66. The molecule has 2 aliphatic rings. The zero-order chi connectivity index (χ0) is 13.9. The molecule has 0 amide bonds. The fourth-order valence-electron chi connectivity index (χ4n) is 3.58. The van der Waals surface area contributed by atoms with E-state index < -0.39 is 5.97 Å². The Morgan fingerprint density at radius 3 is 2.53 bits per heavy atom. The Morgan fingerprint density at radius 2 is 1.95 bits per heavy atom. The standard InChI is InChI=1S/C15H28N2O2/c1-15(2)6-3-4-13(12-15)17-10-8-16(9-11-17)7-5-14(18)19/h13H,3-12H2,1-2H3,(H,18,19). The summed E-state index contributed by atoms with van der Waals surface area (Å²) in [6, 6.07) is 0.755. The maximum absolute atomic E-state index is 10.6. The molecule has 19 heavy (non-hydrogen) atoms. The van der Waals surface area contributed by atoms with E-state index in [4.69, 9.17) is 5.11 Å². The van der Waals surface area contributed by atoms with Gasteiger partial charge in [0.1, 0.15) is 0 Å². The van der Waals surface area contributed by atoms with Crippen molar-refractivity contribution in [1.82, 2.24) is 9.80 Å². The molecule has 1 aliphatic heterocycles. The van der Waals surface area contributed by atoms with Crippen molar-refractivity contribution in [1.29, 1.82) is 0 Å². The predicted molar refractivity (Wildman–Crippen MR) is 76.3 cm³/mol. The van der Waals surface area contributed by atoms with Gasteiger partial charge >= 0.3 is 5.97 Å². The summed E-state index contributed by atoms with van der Waals surface area (Å²) in [4.78, 5) is 15.5. The Hall–Kier alpha value is -0.610. The first-order valence-electron chi connectivity index (χ1n) is 7.64. The fraction of sp³-hybridized carbons (Fsp3) is 0.933. The van der Waals surface area contributed by atoms with Crippen LogP contribution in [-0.4, -0.2) is 59.6 Å². The molecule has 4 nitrogen and oxygen atoms in total. The minimum atomic E-state index is -0.684. The molecule has 0 spiro atoms.